The van der Waals surface area contributed by atoms with Crippen molar-refractivity contribution in [1.29, 1.82) is 0 Å². The monoisotopic (exact) mass is 260 g/mol. The van der Waals surface area contributed by atoms with E-state index in [0.717, 1.165) is 5.69 Å². The Hall–Kier alpha value is -2.17. The van der Waals surface area contributed by atoms with Crippen LogP contribution in [-0.4, -0.2) is 20.9 Å². The summed E-state index contributed by atoms with van der Waals surface area (Å²) in [5.41, 5.74) is 0.724. The molecule has 4 nitrogen and oxygen atoms in total. The van der Waals surface area contributed by atoms with E-state index in [1.807, 2.05) is 0 Å². The number of aliphatic carboxylic acids is 1. The zero-order chi connectivity index (χ0) is 13.6. The first-order valence-electron chi connectivity index (χ1n) is 6.10. The molecule has 0 amide bonds. The molecule has 1 aliphatic carbocycles. The second kappa shape index (κ2) is 3.91. The van der Waals surface area contributed by atoms with Gasteiger partial charge in [-0.15, -0.1) is 0 Å². The van der Waals surface area contributed by atoms with Crippen LogP contribution in [0.15, 0.2) is 30.3 Å². The van der Waals surface area contributed by atoms with Crippen LogP contribution in [0.25, 0.3) is 5.69 Å². The highest BCUT2D eigenvalue weighted by molar-refractivity contribution is 5.84. The predicted molar refractivity (Wildman–Crippen MR) is 66.8 cm³/mol. The Labute approximate surface area is 109 Å². The summed E-state index contributed by atoms with van der Waals surface area (Å²) in [6.07, 6.45) is 1.19. The van der Waals surface area contributed by atoms with Gasteiger partial charge < -0.3 is 5.11 Å². The zero-order valence-electron chi connectivity index (χ0n) is 10.4. The number of nitrogens with zero attached hydrogens (tertiary/aromatic N) is 2. The number of para-hydroxylation sites is 1. The van der Waals surface area contributed by atoms with Gasteiger partial charge in [0.2, 0.25) is 0 Å². The minimum absolute atomic E-state index is 0.340. The Bertz CT molecular complexity index is 659. The van der Waals surface area contributed by atoms with Gasteiger partial charge in [-0.05, 0) is 38.0 Å². The lowest BCUT2D eigenvalue weighted by Gasteiger charge is -2.06. The molecule has 0 spiro atoms. The number of benzene rings is 1. The Morgan fingerprint density at radius 1 is 1.42 bits per heavy atom. The summed E-state index contributed by atoms with van der Waals surface area (Å²) in [6, 6.07) is 8.05. The summed E-state index contributed by atoms with van der Waals surface area (Å²) in [7, 11) is 0. The molecule has 1 aromatic heterocycles. The standard InChI is InChI=1S/C14H13FN2O2/c1-9-8-12(14(6-7-14)13(18)19)16-17(9)11-5-3-2-4-10(11)15/h2-5,8H,6-7H2,1H3,(H,18,19). The molecule has 1 heterocycles. The summed E-state index contributed by atoms with van der Waals surface area (Å²) in [6.45, 7) is 1.79. The van der Waals surface area contributed by atoms with Crippen molar-refractivity contribution in [1.82, 2.24) is 9.78 Å². The summed E-state index contributed by atoms with van der Waals surface area (Å²) in [5, 5.41) is 13.6. The average Bonchev–Trinajstić information content (AvgIpc) is 3.10. The largest absolute Gasteiger partial charge is 0.481 e. The number of aromatic nitrogens is 2. The van der Waals surface area contributed by atoms with Crippen LogP contribution in [0, 0.1) is 12.7 Å². The first kappa shape index (κ1) is 11.9. The molecule has 0 radical (unpaired) electrons. The van der Waals surface area contributed by atoms with E-state index in [0.29, 0.717) is 24.2 Å². The lowest BCUT2D eigenvalue weighted by molar-refractivity contribution is -0.140. The SMILES string of the molecule is Cc1cc(C2(C(=O)O)CC2)nn1-c1ccccc1F. The van der Waals surface area contributed by atoms with Crippen LogP contribution < -0.4 is 0 Å². The van der Waals surface area contributed by atoms with E-state index in [1.54, 1.807) is 31.2 Å². The van der Waals surface area contributed by atoms with E-state index < -0.39 is 11.4 Å². The van der Waals surface area contributed by atoms with Crippen molar-refractivity contribution in [2.24, 2.45) is 0 Å². The number of hydrogen-bond acceptors (Lipinski definition) is 2. The van der Waals surface area contributed by atoms with Crippen LogP contribution in [0.1, 0.15) is 24.2 Å². The molecule has 1 fully saturated rings. The van der Waals surface area contributed by atoms with Gasteiger partial charge in [-0.3, -0.25) is 4.79 Å². The maximum atomic E-state index is 13.8. The minimum Gasteiger partial charge on any atom is -0.481 e. The van der Waals surface area contributed by atoms with Gasteiger partial charge in [0, 0.05) is 5.69 Å². The van der Waals surface area contributed by atoms with E-state index in [2.05, 4.69) is 5.10 Å². The van der Waals surface area contributed by atoms with Gasteiger partial charge in [0.05, 0.1) is 5.69 Å². The number of carboxylic acid groups (broad SMARTS) is 1. The van der Waals surface area contributed by atoms with Gasteiger partial charge in [-0.1, -0.05) is 12.1 Å². The third kappa shape index (κ3) is 1.73. The van der Waals surface area contributed by atoms with Gasteiger partial charge in [0.1, 0.15) is 16.9 Å². The molecule has 1 N–H and O–H groups in total. The van der Waals surface area contributed by atoms with Crippen molar-refractivity contribution in [3.05, 3.63) is 47.5 Å². The fourth-order valence-corrected chi connectivity index (χ4v) is 2.28. The first-order valence-corrected chi connectivity index (χ1v) is 6.10. The van der Waals surface area contributed by atoms with Crippen molar-refractivity contribution in [2.45, 2.75) is 25.2 Å². The van der Waals surface area contributed by atoms with Crippen LogP contribution in [0.3, 0.4) is 0 Å². The predicted octanol–water partition coefficient (Wildman–Crippen LogP) is 2.44. The summed E-state index contributed by atoms with van der Waals surface area (Å²) in [4.78, 5) is 11.3. The molecule has 19 heavy (non-hydrogen) atoms. The Balaban J connectivity index is 2.09. The van der Waals surface area contributed by atoms with Crippen molar-refractivity contribution >= 4 is 5.97 Å². The van der Waals surface area contributed by atoms with Crippen molar-refractivity contribution in [3.63, 3.8) is 0 Å². The molecule has 2 aromatic rings. The lowest BCUT2D eigenvalue weighted by Crippen LogP contribution is -2.20. The molecule has 0 saturated heterocycles. The molecule has 1 aromatic carbocycles. The molecule has 0 unspecified atom stereocenters. The summed E-state index contributed by atoms with van der Waals surface area (Å²) >= 11 is 0. The highest BCUT2D eigenvalue weighted by Crippen LogP contribution is 2.48. The van der Waals surface area contributed by atoms with Crippen LogP contribution in [0.5, 0.6) is 0 Å². The Morgan fingerprint density at radius 2 is 2.11 bits per heavy atom. The summed E-state index contributed by atoms with van der Waals surface area (Å²) < 4.78 is 15.2. The molecule has 3 rings (SSSR count). The minimum atomic E-state index is -0.860. The van der Waals surface area contributed by atoms with E-state index in [9.17, 15) is 14.3 Å². The number of rotatable bonds is 3. The number of aryl methyl sites for hydroxylation is 1. The maximum Gasteiger partial charge on any atom is 0.315 e. The van der Waals surface area contributed by atoms with Gasteiger partial charge in [0.25, 0.3) is 0 Å². The quantitative estimate of drug-likeness (QED) is 0.922. The molecule has 1 aliphatic rings. The fourth-order valence-electron chi connectivity index (χ4n) is 2.28. The number of carbonyl (C=O) groups is 1. The Kier molecular flexibility index (Phi) is 2.45. The van der Waals surface area contributed by atoms with E-state index >= 15 is 0 Å². The number of halogens is 1. The first-order chi connectivity index (χ1) is 9.04. The second-order valence-electron chi connectivity index (χ2n) is 4.92. The zero-order valence-corrected chi connectivity index (χ0v) is 10.4. The third-order valence-corrected chi connectivity index (χ3v) is 3.62. The third-order valence-electron chi connectivity index (χ3n) is 3.62. The van der Waals surface area contributed by atoms with Gasteiger partial charge in [-0.2, -0.15) is 5.10 Å². The van der Waals surface area contributed by atoms with Crippen molar-refractivity contribution in [2.75, 3.05) is 0 Å². The topological polar surface area (TPSA) is 55.1 Å². The smallest absolute Gasteiger partial charge is 0.315 e. The lowest BCUT2D eigenvalue weighted by atomic mass is 10.0. The highest BCUT2D eigenvalue weighted by Gasteiger charge is 2.54. The van der Waals surface area contributed by atoms with Crippen molar-refractivity contribution < 1.29 is 14.3 Å². The second-order valence-corrected chi connectivity index (χ2v) is 4.92. The molecule has 98 valence electrons. The van der Waals surface area contributed by atoms with Gasteiger partial charge in [-0.25, -0.2) is 9.07 Å². The molecule has 5 heteroatoms. The molecular weight excluding hydrogens is 247 g/mol. The van der Waals surface area contributed by atoms with Crippen LogP contribution in [-0.2, 0) is 10.2 Å². The van der Waals surface area contributed by atoms with E-state index in [-0.39, 0.29) is 5.82 Å². The molecule has 0 atom stereocenters. The van der Waals surface area contributed by atoms with Crippen LogP contribution in [0.4, 0.5) is 4.39 Å². The van der Waals surface area contributed by atoms with Crippen LogP contribution >= 0.6 is 0 Å². The normalized spacial score (nSPS) is 16.3. The van der Waals surface area contributed by atoms with Crippen molar-refractivity contribution in [3.8, 4) is 5.69 Å². The van der Waals surface area contributed by atoms with E-state index in [1.165, 1.54) is 10.7 Å². The highest BCUT2D eigenvalue weighted by atomic mass is 19.1. The molecular formula is C14H13FN2O2. The Morgan fingerprint density at radius 3 is 2.68 bits per heavy atom. The number of hydrogen-bond donors (Lipinski definition) is 1. The molecule has 0 aliphatic heterocycles. The summed E-state index contributed by atoms with van der Waals surface area (Å²) in [5.74, 6) is -1.23. The molecule has 1 saturated carbocycles. The number of carboxylic acids is 1. The average molecular weight is 260 g/mol. The van der Waals surface area contributed by atoms with Crippen LogP contribution in [0.2, 0.25) is 0 Å². The fraction of sp³-hybridized carbons (Fsp3) is 0.286. The van der Waals surface area contributed by atoms with E-state index in [4.69, 9.17) is 0 Å². The van der Waals surface area contributed by atoms with Gasteiger partial charge >= 0.3 is 5.97 Å². The van der Waals surface area contributed by atoms with Gasteiger partial charge in [0.15, 0.2) is 0 Å². The maximum absolute atomic E-state index is 13.8. The molecule has 0 bridgehead atoms.